The summed E-state index contributed by atoms with van der Waals surface area (Å²) in [5.41, 5.74) is 2.90. The molecule has 20 heavy (non-hydrogen) atoms. The molecule has 1 N–H and O–H groups in total. The minimum Gasteiger partial charge on any atom is -0.381 e. The smallest absolute Gasteiger partial charge is 0.193 e. The second-order valence-corrected chi connectivity index (χ2v) is 5.60. The maximum Gasteiger partial charge on any atom is 0.193 e. The molecule has 0 aromatic heterocycles. The van der Waals surface area contributed by atoms with E-state index in [2.05, 4.69) is 39.5 Å². The van der Waals surface area contributed by atoms with E-state index in [-0.39, 0.29) is 0 Å². The molecule has 108 valence electrons. The molecule has 1 aromatic carbocycles. The van der Waals surface area contributed by atoms with Gasteiger partial charge >= 0.3 is 0 Å². The van der Waals surface area contributed by atoms with Crippen molar-refractivity contribution in [2.24, 2.45) is 10.9 Å². The predicted octanol–water partition coefficient (Wildman–Crippen LogP) is 1.66. The molecule has 0 aliphatic carbocycles. The van der Waals surface area contributed by atoms with E-state index in [4.69, 9.17) is 4.74 Å². The first-order valence-corrected chi connectivity index (χ1v) is 7.47. The van der Waals surface area contributed by atoms with Gasteiger partial charge in [0.2, 0.25) is 0 Å². The number of nitrogens with one attached hydrogen (secondary N) is 1. The van der Waals surface area contributed by atoms with Gasteiger partial charge in [-0.25, -0.2) is 0 Å². The van der Waals surface area contributed by atoms with Crippen molar-refractivity contribution in [3.8, 4) is 0 Å². The van der Waals surface area contributed by atoms with Crippen molar-refractivity contribution in [3.05, 3.63) is 35.4 Å². The molecule has 4 heteroatoms. The van der Waals surface area contributed by atoms with Gasteiger partial charge in [0.1, 0.15) is 0 Å². The molecular weight excluding hydrogens is 250 g/mol. The third kappa shape index (κ3) is 2.96. The summed E-state index contributed by atoms with van der Waals surface area (Å²) in [4.78, 5) is 6.78. The summed E-state index contributed by atoms with van der Waals surface area (Å²) >= 11 is 0. The van der Waals surface area contributed by atoms with E-state index in [0.29, 0.717) is 5.92 Å². The first kappa shape index (κ1) is 13.4. The Morgan fingerprint density at radius 2 is 2.25 bits per heavy atom. The Kier molecular flexibility index (Phi) is 4.21. The Morgan fingerprint density at radius 3 is 3.00 bits per heavy atom. The van der Waals surface area contributed by atoms with Gasteiger partial charge in [0.25, 0.3) is 0 Å². The first-order valence-electron chi connectivity index (χ1n) is 7.47. The predicted molar refractivity (Wildman–Crippen MR) is 80.8 cm³/mol. The van der Waals surface area contributed by atoms with Crippen LogP contribution in [0.5, 0.6) is 0 Å². The summed E-state index contributed by atoms with van der Waals surface area (Å²) in [7, 11) is 1.87. The lowest BCUT2D eigenvalue weighted by Crippen LogP contribution is -2.45. The van der Waals surface area contributed by atoms with Crippen LogP contribution in [-0.4, -0.2) is 44.2 Å². The summed E-state index contributed by atoms with van der Waals surface area (Å²) in [6.45, 7) is 4.74. The van der Waals surface area contributed by atoms with E-state index in [1.807, 2.05) is 7.05 Å². The number of aliphatic imine (C=N–C) groups is 1. The van der Waals surface area contributed by atoms with Gasteiger partial charge in [-0.2, -0.15) is 0 Å². The molecule has 4 nitrogen and oxygen atoms in total. The molecule has 1 fully saturated rings. The van der Waals surface area contributed by atoms with Crippen LogP contribution in [0.3, 0.4) is 0 Å². The quantitative estimate of drug-likeness (QED) is 0.657. The molecule has 2 aliphatic rings. The molecule has 0 bridgehead atoms. The fourth-order valence-electron chi connectivity index (χ4n) is 2.99. The minimum absolute atomic E-state index is 0.629. The van der Waals surface area contributed by atoms with E-state index in [1.165, 1.54) is 11.1 Å². The summed E-state index contributed by atoms with van der Waals surface area (Å²) < 4.78 is 5.42. The zero-order valence-corrected chi connectivity index (χ0v) is 12.1. The second kappa shape index (κ2) is 6.27. The molecule has 1 saturated heterocycles. The van der Waals surface area contributed by atoms with E-state index in [0.717, 1.165) is 51.6 Å². The zero-order valence-electron chi connectivity index (χ0n) is 12.1. The standard InChI is InChI=1S/C16H23N3O/c1-17-16(18-10-13-7-9-20-12-13)19-8-6-14-4-2-3-5-15(14)11-19/h2-5,13H,6-12H2,1H3,(H,17,18). The second-order valence-electron chi connectivity index (χ2n) is 5.60. The molecule has 2 aliphatic heterocycles. The third-order valence-corrected chi connectivity index (χ3v) is 4.21. The van der Waals surface area contributed by atoms with Crippen LogP contribution < -0.4 is 5.32 Å². The van der Waals surface area contributed by atoms with Crippen molar-refractivity contribution >= 4 is 5.96 Å². The molecule has 2 heterocycles. The lowest BCUT2D eigenvalue weighted by molar-refractivity contribution is 0.186. The minimum atomic E-state index is 0.629. The number of guanidine groups is 1. The maximum absolute atomic E-state index is 5.42. The number of rotatable bonds is 2. The molecule has 0 amide bonds. The Hall–Kier alpha value is -1.55. The number of hydrogen-bond donors (Lipinski definition) is 1. The van der Waals surface area contributed by atoms with Gasteiger partial charge in [-0.3, -0.25) is 4.99 Å². The summed E-state index contributed by atoms with van der Waals surface area (Å²) in [5.74, 6) is 1.65. The monoisotopic (exact) mass is 273 g/mol. The van der Waals surface area contributed by atoms with Crippen molar-refractivity contribution in [2.45, 2.75) is 19.4 Å². The lowest BCUT2D eigenvalue weighted by Gasteiger charge is -2.32. The maximum atomic E-state index is 5.42. The SMILES string of the molecule is CN=C(NCC1CCOC1)N1CCc2ccccc2C1. The highest BCUT2D eigenvalue weighted by Crippen LogP contribution is 2.18. The Bertz CT molecular complexity index is 480. The van der Waals surface area contributed by atoms with Gasteiger partial charge in [-0.1, -0.05) is 24.3 Å². The molecule has 0 radical (unpaired) electrons. The van der Waals surface area contributed by atoms with Gasteiger partial charge in [0, 0.05) is 39.2 Å². The lowest BCUT2D eigenvalue weighted by atomic mass is 10.0. The third-order valence-electron chi connectivity index (χ3n) is 4.21. The van der Waals surface area contributed by atoms with Crippen LogP contribution in [0, 0.1) is 5.92 Å². The highest BCUT2D eigenvalue weighted by atomic mass is 16.5. The molecule has 1 unspecified atom stereocenters. The summed E-state index contributed by atoms with van der Waals surface area (Å²) in [6, 6.07) is 8.70. The number of nitrogens with zero attached hydrogens (tertiary/aromatic N) is 2. The van der Waals surface area contributed by atoms with Gasteiger partial charge < -0.3 is 15.0 Å². The van der Waals surface area contributed by atoms with Crippen LogP contribution in [0.4, 0.5) is 0 Å². The van der Waals surface area contributed by atoms with E-state index in [1.54, 1.807) is 0 Å². The molecular formula is C16H23N3O. The van der Waals surface area contributed by atoms with E-state index < -0.39 is 0 Å². The fourth-order valence-corrected chi connectivity index (χ4v) is 2.99. The number of fused-ring (bicyclic) bond motifs is 1. The van der Waals surface area contributed by atoms with E-state index in [9.17, 15) is 0 Å². The normalized spacial score (nSPS) is 22.8. The van der Waals surface area contributed by atoms with Crippen molar-refractivity contribution in [1.29, 1.82) is 0 Å². The molecule has 3 rings (SSSR count). The largest absolute Gasteiger partial charge is 0.381 e. The van der Waals surface area contributed by atoms with Crippen LogP contribution in [-0.2, 0) is 17.7 Å². The van der Waals surface area contributed by atoms with Crippen molar-refractivity contribution in [2.75, 3.05) is 33.4 Å². The van der Waals surface area contributed by atoms with Crippen LogP contribution in [0.15, 0.2) is 29.3 Å². The highest BCUT2D eigenvalue weighted by molar-refractivity contribution is 5.80. The van der Waals surface area contributed by atoms with Crippen LogP contribution in [0.25, 0.3) is 0 Å². The Balaban J connectivity index is 1.60. The summed E-state index contributed by atoms with van der Waals surface area (Å²) in [5, 5.41) is 3.51. The van der Waals surface area contributed by atoms with Gasteiger partial charge in [-0.05, 0) is 24.0 Å². The zero-order chi connectivity index (χ0) is 13.8. The topological polar surface area (TPSA) is 36.9 Å². The first-order chi connectivity index (χ1) is 9.86. The molecule has 1 atom stereocenters. The van der Waals surface area contributed by atoms with Crippen LogP contribution >= 0.6 is 0 Å². The summed E-state index contributed by atoms with van der Waals surface area (Å²) in [6.07, 6.45) is 2.26. The number of ether oxygens (including phenoxy) is 1. The van der Waals surface area contributed by atoms with Crippen molar-refractivity contribution in [1.82, 2.24) is 10.2 Å². The molecule has 1 aromatic rings. The van der Waals surface area contributed by atoms with Crippen LogP contribution in [0.2, 0.25) is 0 Å². The molecule has 0 spiro atoms. The Morgan fingerprint density at radius 1 is 1.40 bits per heavy atom. The van der Waals surface area contributed by atoms with Gasteiger partial charge in [-0.15, -0.1) is 0 Å². The number of benzene rings is 1. The highest BCUT2D eigenvalue weighted by Gasteiger charge is 2.20. The fraction of sp³-hybridized carbons (Fsp3) is 0.562. The van der Waals surface area contributed by atoms with Crippen molar-refractivity contribution < 1.29 is 4.74 Å². The Labute approximate surface area is 120 Å². The average Bonchev–Trinajstić information content (AvgIpc) is 3.01. The average molecular weight is 273 g/mol. The number of hydrogen-bond acceptors (Lipinski definition) is 2. The van der Waals surface area contributed by atoms with Crippen LogP contribution in [0.1, 0.15) is 17.5 Å². The van der Waals surface area contributed by atoms with E-state index >= 15 is 0 Å². The van der Waals surface area contributed by atoms with Gasteiger partial charge in [0.15, 0.2) is 5.96 Å². The molecule has 0 saturated carbocycles. The van der Waals surface area contributed by atoms with Gasteiger partial charge in [0.05, 0.1) is 6.61 Å². The van der Waals surface area contributed by atoms with Crippen molar-refractivity contribution in [3.63, 3.8) is 0 Å².